The van der Waals surface area contributed by atoms with Crippen molar-refractivity contribution in [2.24, 2.45) is 0 Å². The molecule has 4 heteroatoms. The topological polar surface area (TPSA) is 53.6 Å². The molecule has 0 spiro atoms. The third-order valence-corrected chi connectivity index (χ3v) is 3.39. The minimum Gasteiger partial charge on any atom is -0.309 e. The van der Waals surface area contributed by atoms with Gasteiger partial charge in [0.25, 0.3) is 0 Å². The van der Waals surface area contributed by atoms with Crippen LogP contribution in [0.15, 0.2) is 24.4 Å². The Bertz CT molecular complexity index is 634. The first-order valence-electron chi connectivity index (χ1n) is 6.06. The molecule has 1 aliphatic heterocycles. The molecule has 0 saturated heterocycles. The Morgan fingerprint density at radius 2 is 2.28 bits per heavy atom. The van der Waals surface area contributed by atoms with Crippen molar-refractivity contribution < 1.29 is 0 Å². The smallest absolute Gasteiger partial charge is 0.0991 e. The first kappa shape index (κ1) is 11.0. The number of aryl methyl sites for hydroxylation is 1. The van der Waals surface area contributed by atoms with E-state index in [4.69, 9.17) is 5.26 Å². The number of nitrogens with zero attached hydrogens (tertiary/aromatic N) is 3. The first-order chi connectivity index (χ1) is 8.79. The van der Waals surface area contributed by atoms with Crippen LogP contribution in [0.4, 0.5) is 0 Å². The highest BCUT2D eigenvalue weighted by molar-refractivity contribution is 5.70. The third kappa shape index (κ3) is 1.69. The Morgan fingerprint density at radius 1 is 1.39 bits per heavy atom. The highest BCUT2D eigenvalue weighted by Gasteiger charge is 2.16. The molecule has 0 saturated carbocycles. The lowest BCUT2D eigenvalue weighted by Gasteiger charge is -2.16. The monoisotopic (exact) mass is 238 g/mol. The maximum absolute atomic E-state index is 8.90. The number of fused-ring (bicyclic) bond motifs is 1. The lowest BCUT2D eigenvalue weighted by molar-refractivity contribution is 0.476. The molecule has 1 aromatic heterocycles. The molecular formula is C14H14N4. The van der Waals surface area contributed by atoms with Gasteiger partial charge in [0.1, 0.15) is 0 Å². The van der Waals surface area contributed by atoms with Gasteiger partial charge in [-0.1, -0.05) is 6.07 Å². The van der Waals surface area contributed by atoms with Crippen LogP contribution in [-0.2, 0) is 13.1 Å². The molecule has 2 heterocycles. The van der Waals surface area contributed by atoms with Crippen molar-refractivity contribution in [1.82, 2.24) is 15.1 Å². The van der Waals surface area contributed by atoms with E-state index in [2.05, 4.69) is 21.2 Å². The zero-order valence-corrected chi connectivity index (χ0v) is 10.3. The van der Waals surface area contributed by atoms with E-state index in [0.717, 1.165) is 25.2 Å². The lowest BCUT2D eigenvalue weighted by Crippen LogP contribution is -2.28. The van der Waals surface area contributed by atoms with Gasteiger partial charge >= 0.3 is 0 Å². The lowest BCUT2D eigenvalue weighted by atomic mass is 9.99. The average molecular weight is 238 g/mol. The van der Waals surface area contributed by atoms with Crippen LogP contribution < -0.4 is 5.32 Å². The summed E-state index contributed by atoms with van der Waals surface area (Å²) in [5, 5.41) is 16.7. The first-order valence-corrected chi connectivity index (χ1v) is 6.06. The van der Waals surface area contributed by atoms with Gasteiger partial charge in [-0.25, -0.2) is 0 Å². The summed E-state index contributed by atoms with van der Waals surface area (Å²) in [7, 11) is 0. The molecule has 0 amide bonds. The molecule has 0 unspecified atom stereocenters. The molecule has 0 atom stereocenters. The predicted molar refractivity (Wildman–Crippen MR) is 68.8 cm³/mol. The van der Waals surface area contributed by atoms with Gasteiger partial charge in [-0.3, -0.25) is 4.68 Å². The van der Waals surface area contributed by atoms with Crippen LogP contribution >= 0.6 is 0 Å². The van der Waals surface area contributed by atoms with Crippen molar-refractivity contribution in [2.75, 3.05) is 6.54 Å². The molecule has 4 nitrogen and oxygen atoms in total. The number of aromatic nitrogens is 2. The van der Waals surface area contributed by atoms with Crippen LogP contribution in [0.2, 0.25) is 0 Å². The van der Waals surface area contributed by atoms with Crippen molar-refractivity contribution >= 4 is 0 Å². The second kappa shape index (κ2) is 4.28. The highest BCUT2D eigenvalue weighted by Crippen LogP contribution is 2.28. The fraction of sp³-hybridized carbons (Fsp3) is 0.286. The summed E-state index contributed by atoms with van der Waals surface area (Å²) in [6.07, 6.45) is 1.93. The van der Waals surface area contributed by atoms with Crippen LogP contribution in [0.5, 0.6) is 0 Å². The molecule has 90 valence electrons. The molecule has 1 N–H and O–H groups in total. The van der Waals surface area contributed by atoms with E-state index in [1.807, 2.05) is 31.3 Å². The number of rotatable bonds is 1. The maximum atomic E-state index is 8.90. The van der Waals surface area contributed by atoms with E-state index in [1.54, 1.807) is 0 Å². The van der Waals surface area contributed by atoms with Gasteiger partial charge in [0, 0.05) is 18.7 Å². The Morgan fingerprint density at radius 3 is 3.06 bits per heavy atom. The summed E-state index contributed by atoms with van der Waals surface area (Å²) < 4.78 is 2.06. The number of hydrogen-bond donors (Lipinski definition) is 1. The molecule has 1 aromatic carbocycles. The molecular weight excluding hydrogens is 224 g/mol. The number of benzene rings is 1. The van der Waals surface area contributed by atoms with Crippen molar-refractivity contribution in [2.45, 2.75) is 20.0 Å². The van der Waals surface area contributed by atoms with Crippen LogP contribution in [-0.4, -0.2) is 16.3 Å². The predicted octanol–water partition coefficient (Wildman–Crippen LogP) is 1.83. The fourth-order valence-corrected chi connectivity index (χ4v) is 2.44. The van der Waals surface area contributed by atoms with Gasteiger partial charge in [-0.2, -0.15) is 10.4 Å². The molecule has 18 heavy (non-hydrogen) atoms. The molecule has 2 aromatic rings. The van der Waals surface area contributed by atoms with Crippen LogP contribution in [0.3, 0.4) is 0 Å². The van der Waals surface area contributed by atoms with Gasteiger partial charge in [-0.15, -0.1) is 0 Å². The zero-order valence-electron chi connectivity index (χ0n) is 10.3. The SMILES string of the molecule is Cc1cc(C#N)ccc1-c1cnn2c1CNCC2. The minimum absolute atomic E-state index is 0.704. The average Bonchev–Trinajstić information content (AvgIpc) is 2.82. The van der Waals surface area contributed by atoms with Crippen LogP contribution in [0.25, 0.3) is 11.1 Å². The van der Waals surface area contributed by atoms with Crippen LogP contribution in [0.1, 0.15) is 16.8 Å². The quantitative estimate of drug-likeness (QED) is 0.824. The summed E-state index contributed by atoms with van der Waals surface area (Å²) in [4.78, 5) is 0. The largest absolute Gasteiger partial charge is 0.309 e. The van der Waals surface area contributed by atoms with Crippen molar-refractivity contribution in [3.8, 4) is 17.2 Å². The normalized spacial score (nSPS) is 14.0. The fourth-order valence-electron chi connectivity index (χ4n) is 2.44. The molecule has 1 aliphatic rings. The Kier molecular flexibility index (Phi) is 2.62. The summed E-state index contributed by atoms with van der Waals surface area (Å²) in [6.45, 7) is 4.79. The molecule has 3 rings (SSSR count). The number of nitriles is 1. The second-order valence-electron chi connectivity index (χ2n) is 4.55. The second-order valence-corrected chi connectivity index (χ2v) is 4.55. The Labute approximate surface area is 106 Å². The molecule has 0 radical (unpaired) electrons. The van der Waals surface area contributed by atoms with Gasteiger partial charge in [0.05, 0.1) is 30.1 Å². The summed E-state index contributed by atoms with van der Waals surface area (Å²) in [6, 6.07) is 7.97. The van der Waals surface area contributed by atoms with Crippen LogP contribution in [0, 0.1) is 18.3 Å². The van der Waals surface area contributed by atoms with Gasteiger partial charge < -0.3 is 5.32 Å². The van der Waals surface area contributed by atoms with E-state index >= 15 is 0 Å². The standard InChI is InChI=1S/C14H14N4/c1-10-6-11(7-15)2-3-12(10)13-8-17-18-5-4-16-9-14(13)18/h2-3,6,8,16H,4-5,9H2,1H3. The number of hydrogen-bond acceptors (Lipinski definition) is 3. The summed E-state index contributed by atoms with van der Waals surface area (Å²) in [5.74, 6) is 0. The van der Waals surface area contributed by atoms with Crippen molar-refractivity contribution in [3.63, 3.8) is 0 Å². The highest BCUT2D eigenvalue weighted by atomic mass is 15.3. The minimum atomic E-state index is 0.704. The van der Waals surface area contributed by atoms with Gasteiger partial charge in [-0.05, 0) is 30.2 Å². The Hall–Kier alpha value is -2.12. The summed E-state index contributed by atoms with van der Waals surface area (Å²) in [5.41, 5.74) is 5.39. The molecule has 0 aliphatic carbocycles. The van der Waals surface area contributed by atoms with Gasteiger partial charge in [0.2, 0.25) is 0 Å². The van der Waals surface area contributed by atoms with Crippen molar-refractivity contribution in [1.29, 1.82) is 5.26 Å². The van der Waals surface area contributed by atoms with Gasteiger partial charge in [0.15, 0.2) is 0 Å². The molecule has 0 fully saturated rings. The Balaban J connectivity index is 2.10. The van der Waals surface area contributed by atoms with E-state index in [-0.39, 0.29) is 0 Å². The van der Waals surface area contributed by atoms with E-state index in [0.29, 0.717) is 5.56 Å². The van der Waals surface area contributed by atoms with Crippen molar-refractivity contribution in [3.05, 3.63) is 41.2 Å². The number of nitrogens with one attached hydrogen (secondary N) is 1. The maximum Gasteiger partial charge on any atom is 0.0991 e. The van der Waals surface area contributed by atoms with E-state index in [1.165, 1.54) is 16.8 Å². The molecule has 0 bridgehead atoms. The summed E-state index contributed by atoms with van der Waals surface area (Å²) >= 11 is 0. The third-order valence-electron chi connectivity index (χ3n) is 3.39. The van der Waals surface area contributed by atoms with E-state index in [9.17, 15) is 0 Å². The van der Waals surface area contributed by atoms with E-state index < -0.39 is 0 Å². The zero-order chi connectivity index (χ0) is 12.5.